The van der Waals surface area contributed by atoms with Crippen molar-refractivity contribution in [3.05, 3.63) is 127 Å². The highest BCUT2D eigenvalue weighted by Crippen LogP contribution is 2.50. The molecule has 0 N–H and O–H groups in total. The zero-order chi connectivity index (χ0) is 27.6. The van der Waals surface area contributed by atoms with E-state index < -0.39 is 0 Å². The van der Waals surface area contributed by atoms with E-state index in [9.17, 15) is 0 Å². The minimum atomic E-state index is 0.158. The van der Waals surface area contributed by atoms with Crippen molar-refractivity contribution in [1.29, 1.82) is 0 Å². The Hall–Kier alpha value is -5.54. The Morgan fingerprint density at radius 3 is 1.91 bits per heavy atom. The van der Waals surface area contributed by atoms with E-state index in [0.29, 0.717) is 0 Å². The van der Waals surface area contributed by atoms with Crippen LogP contribution < -0.4 is 16.4 Å². The number of hydrogen-bond acceptors (Lipinski definition) is 0. The van der Waals surface area contributed by atoms with Crippen molar-refractivity contribution in [2.24, 2.45) is 0 Å². The fourth-order valence-corrected chi connectivity index (χ4v) is 9.17. The summed E-state index contributed by atoms with van der Waals surface area (Å²) >= 11 is 0. The van der Waals surface area contributed by atoms with Gasteiger partial charge in [-0.2, -0.15) is 0 Å². The normalized spacial score (nSPS) is 13.5. The zero-order valence-corrected chi connectivity index (χ0v) is 23.1. The molecule has 0 unspecified atom stereocenters. The third-order valence-corrected chi connectivity index (χ3v) is 10.6. The lowest BCUT2D eigenvalue weighted by atomic mass is 9.34. The van der Waals surface area contributed by atoms with Gasteiger partial charge in [0, 0.05) is 38.4 Å². The summed E-state index contributed by atoms with van der Waals surface area (Å²) < 4.78 is 5.13. The lowest BCUT2D eigenvalue weighted by molar-refractivity contribution is 1.14. The molecule has 0 spiro atoms. The van der Waals surface area contributed by atoms with Crippen LogP contribution in [0.2, 0.25) is 0 Å². The topological polar surface area (TPSA) is 9.86 Å². The van der Waals surface area contributed by atoms with Gasteiger partial charge in [0.05, 0.1) is 16.6 Å². The molecule has 2 aromatic heterocycles. The molecule has 0 saturated carbocycles. The van der Waals surface area contributed by atoms with E-state index in [2.05, 4.69) is 137 Å². The second-order valence-electron chi connectivity index (χ2n) is 12.4. The van der Waals surface area contributed by atoms with Crippen molar-refractivity contribution in [2.75, 3.05) is 0 Å². The molecule has 3 heteroatoms. The number of fused-ring (bicyclic) bond motifs is 11. The largest absolute Gasteiger partial charge is 0.310 e. The molecule has 3 aliphatic rings. The summed E-state index contributed by atoms with van der Waals surface area (Å²) in [5.74, 6) is 0. The van der Waals surface area contributed by atoms with Gasteiger partial charge in [0.2, 0.25) is 0 Å². The average Bonchev–Trinajstić information content (AvgIpc) is 3.55. The maximum Gasteiger partial charge on any atom is 0.252 e. The highest BCUT2D eigenvalue weighted by Gasteiger charge is 2.41. The first-order valence-electron chi connectivity index (χ1n) is 15.2. The minimum Gasteiger partial charge on any atom is -0.310 e. The first-order chi connectivity index (χ1) is 21.4. The van der Waals surface area contributed by atoms with Crippen LogP contribution in [0.3, 0.4) is 0 Å². The van der Waals surface area contributed by atoms with Gasteiger partial charge >= 0.3 is 0 Å². The van der Waals surface area contributed by atoms with Crippen LogP contribution in [-0.4, -0.2) is 15.8 Å². The van der Waals surface area contributed by atoms with Crippen molar-refractivity contribution < 1.29 is 0 Å². The van der Waals surface area contributed by atoms with Crippen molar-refractivity contribution in [2.45, 2.75) is 0 Å². The number of benzene rings is 7. The van der Waals surface area contributed by atoms with Gasteiger partial charge in [0.25, 0.3) is 6.71 Å². The van der Waals surface area contributed by atoms with E-state index in [0.717, 1.165) is 0 Å². The average molecular weight is 540 g/mol. The highest BCUT2D eigenvalue weighted by molar-refractivity contribution is 7.00. The van der Waals surface area contributed by atoms with Crippen LogP contribution in [0.1, 0.15) is 0 Å². The molecule has 194 valence electrons. The van der Waals surface area contributed by atoms with Gasteiger partial charge in [-0.1, -0.05) is 103 Å². The summed E-state index contributed by atoms with van der Waals surface area (Å²) in [5.41, 5.74) is 17.4. The predicted octanol–water partition coefficient (Wildman–Crippen LogP) is 7.82. The molecule has 0 amide bonds. The van der Waals surface area contributed by atoms with Gasteiger partial charge in [-0.3, -0.25) is 0 Å². The number of nitrogens with zero attached hydrogens (tertiary/aromatic N) is 2. The van der Waals surface area contributed by atoms with Crippen molar-refractivity contribution in [3.63, 3.8) is 0 Å². The third kappa shape index (κ3) is 2.20. The molecule has 2 aliphatic heterocycles. The lowest BCUT2D eigenvalue weighted by Crippen LogP contribution is -2.59. The summed E-state index contributed by atoms with van der Waals surface area (Å²) in [5, 5.41) is 8.14. The standard InChI is InChI=1S/C40H21BN2/c1-2-11-24-23(10-1)26-13-5-9-22-21-30-40-37(35(22)26)36-27(24)14-7-18-32(36)43(40)34-20-8-19-33-38(34)41(30)29-16-6-15-28-25-12-3-4-17-31(25)42(33)39(28)29/h1-21H. The van der Waals surface area contributed by atoms with Crippen LogP contribution in [-0.2, 0) is 0 Å². The highest BCUT2D eigenvalue weighted by atomic mass is 15.0. The van der Waals surface area contributed by atoms with Crippen LogP contribution in [0.15, 0.2) is 127 Å². The van der Waals surface area contributed by atoms with E-state index in [1.54, 1.807) is 0 Å². The molecular weight excluding hydrogens is 519 g/mol. The van der Waals surface area contributed by atoms with E-state index >= 15 is 0 Å². The predicted molar refractivity (Wildman–Crippen MR) is 182 cm³/mol. The smallest absolute Gasteiger partial charge is 0.252 e. The van der Waals surface area contributed by atoms with Crippen molar-refractivity contribution in [1.82, 2.24) is 9.13 Å². The summed E-state index contributed by atoms with van der Waals surface area (Å²) in [6.07, 6.45) is 0. The molecule has 9 aromatic rings. The van der Waals surface area contributed by atoms with Crippen LogP contribution in [0.4, 0.5) is 0 Å². The van der Waals surface area contributed by atoms with Gasteiger partial charge in [0.1, 0.15) is 0 Å². The Morgan fingerprint density at radius 2 is 1.05 bits per heavy atom. The van der Waals surface area contributed by atoms with Crippen LogP contribution >= 0.6 is 0 Å². The van der Waals surface area contributed by atoms with Gasteiger partial charge in [0.15, 0.2) is 0 Å². The van der Waals surface area contributed by atoms with Crippen LogP contribution in [0.25, 0.3) is 88.0 Å². The molecule has 1 aliphatic carbocycles. The molecule has 12 rings (SSSR count). The Kier molecular flexibility index (Phi) is 3.41. The van der Waals surface area contributed by atoms with Gasteiger partial charge in [-0.15, -0.1) is 0 Å². The second kappa shape index (κ2) is 6.91. The Bertz CT molecular complexity index is 2790. The van der Waals surface area contributed by atoms with E-state index in [4.69, 9.17) is 0 Å². The lowest BCUT2D eigenvalue weighted by Gasteiger charge is -2.33. The Balaban J connectivity index is 1.38. The van der Waals surface area contributed by atoms with Gasteiger partial charge in [-0.05, 0) is 73.7 Å². The number of rotatable bonds is 0. The fraction of sp³-hybridized carbons (Fsp3) is 0. The summed E-state index contributed by atoms with van der Waals surface area (Å²) in [7, 11) is 0. The molecule has 0 atom stereocenters. The molecule has 43 heavy (non-hydrogen) atoms. The number of aromatic nitrogens is 2. The first kappa shape index (κ1) is 21.2. The maximum absolute atomic E-state index is 2.60. The van der Waals surface area contributed by atoms with Crippen LogP contribution in [0.5, 0.6) is 0 Å². The number of hydrogen-bond donors (Lipinski definition) is 0. The van der Waals surface area contributed by atoms with E-state index in [1.165, 1.54) is 104 Å². The number of para-hydroxylation sites is 2. The Labute approximate surface area is 247 Å². The molecule has 4 heterocycles. The first-order valence-corrected chi connectivity index (χ1v) is 15.2. The van der Waals surface area contributed by atoms with Crippen molar-refractivity contribution >= 4 is 77.5 Å². The molecule has 0 radical (unpaired) electrons. The van der Waals surface area contributed by atoms with E-state index in [-0.39, 0.29) is 6.71 Å². The summed E-state index contributed by atoms with van der Waals surface area (Å²) in [6, 6.07) is 48.1. The molecule has 7 aromatic carbocycles. The SMILES string of the molecule is c1ccc2c(c1)-c1cccc3cc4c5c(c13)c1c-2cccc1n5-c1cccc2c1B4c1cccc3c4ccccc4n-2c13. The van der Waals surface area contributed by atoms with Crippen molar-refractivity contribution in [3.8, 4) is 33.6 Å². The minimum absolute atomic E-state index is 0.158. The quantitative estimate of drug-likeness (QED) is 0.174. The molecule has 0 bridgehead atoms. The fourth-order valence-electron chi connectivity index (χ4n) is 9.17. The summed E-state index contributed by atoms with van der Waals surface area (Å²) in [6.45, 7) is 0.158. The Morgan fingerprint density at radius 1 is 0.419 bits per heavy atom. The third-order valence-electron chi connectivity index (χ3n) is 10.6. The molecular formula is C40H21BN2. The molecule has 0 fully saturated rings. The zero-order valence-electron chi connectivity index (χ0n) is 23.1. The van der Waals surface area contributed by atoms with Gasteiger partial charge < -0.3 is 9.13 Å². The monoisotopic (exact) mass is 540 g/mol. The van der Waals surface area contributed by atoms with Gasteiger partial charge in [-0.25, -0.2) is 0 Å². The maximum atomic E-state index is 2.60. The molecule has 0 saturated heterocycles. The molecule has 2 nitrogen and oxygen atoms in total. The van der Waals surface area contributed by atoms with Crippen LogP contribution in [0, 0.1) is 0 Å². The van der Waals surface area contributed by atoms with E-state index in [1.807, 2.05) is 0 Å². The summed E-state index contributed by atoms with van der Waals surface area (Å²) in [4.78, 5) is 0. The second-order valence-corrected chi connectivity index (χ2v) is 12.4.